The zero-order valence-corrected chi connectivity index (χ0v) is 19.4. The molecule has 178 valence electrons. The fourth-order valence-electron chi connectivity index (χ4n) is 3.58. The third-order valence-corrected chi connectivity index (χ3v) is 6.14. The van der Waals surface area contributed by atoms with E-state index in [0.717, 1.165) is 24.3 Å². The van der Waals surface area contributed by atoms with Gasteiger partial charge in [-0.05, 0) is 71.9 Å². The van der Waals surface area contributed by atoms with Gasteiger partial charge in [-0.15, -0.1) is 0 Å². The van der Waals surface area contributed by atoms with E-state index in [4.69, 9.17) is 11.6 Å². The Hall–Kier alpha value is -2.95. The average molecular weight is 508 g/mol. The number of thioether (sulfide) groups is 1. The molecule has 2 heterocycles. The van der Waals surface area contributed by atoms with Crippen molar-refractivity contribution in [2.45, 2.75) is 16.9 Å². The Morgan fingerprint density at radius 3 is 2.47 bits per heavy atom. The average Bonchev–Trinajstić information content (AvgIpc) is 3.25. The second-order valence-electron chi connectivity index (χ2n) is 7.62. The van der Waals surface area contributed by atoms with E-state index in [2.05, 4.69) is 25.4 Å². The molecule has 0 unspecified atom stereocenters. The molecular formula is C23H21ClF3N5OS. The Kier molecular flexibility index (Phi) is 7.50. The predicted octanol–water partition coefficient (Wildman–Crippen LogP) is 6.27. The first kappa shape index (κ1) is 24.2. The third-order valence-electron chi connectivity index (χ3n) is 5.15. The zero-order chi connectivity index (χ0) is 24.1. The minimum absolute atomic E-state index is 0.119. The quantitative estimate of drug-likeness (QED) is 0.385. The van der Waals surface area contributed by atoms with E-state index in [1.807, 2.05) is 6.07 Å². The van der Waals surface area contributed by atoms with Crippen LogP contribution in [0.3, 0.4) is 0 Å². The van der Waals surface area contributed by atoms with Gasteiger partial charge in [0.25, 0.3) is 0 Å². The Morgan fingerprint density at radius 1 is 1.03 bits per heavy atom. The highest BCUT2D eigenvalue weighted by molar-refractivity contribution is 8.00. The first-order chi connectivity index (χ1) is 16.2. The standard InChI is InChI=1S/C23H21ClF3N5OS/c24-17-1-3-18(4-2-17)29-22(33)30-21-13-28-10-9-16(21)14-31-11-12-32(15-31)19-5-7-20(8-6-19)34-23(25,26)27/h1-10,13H,11-12,14-15H2,(H2,29,30,33). The van der Waals surface area contributed by atoms with Gasteiger partial charge in [0.15, 0.2) is 0 Å². The molecule has 34 heavy (non-hydrogen) atoms. The van der Waals surface area contributed by atoms with E-state index in [1.54, 1.807) is 48.8 Å². The number of alkyl halides is 3. The zero-order valence-electron chi connectivity index (χ0n) is 17.8. The highest BCUT2D eigenvalue weighted by Gasteiger charge is 2.29. The Labute approximate surface area is 204 Å². The number of pyridine rings is 1. The second-order valence-corrected chi connectivity index (χ2v) is 9.19. The summed E-state index contributed by atoms with van der Waals surface area (Å²) in [6, 6.07) is 14.6. The SMILES string of the molecule is O=C(Nc1ccc(Cl)cc1)Nc1cnccc1CN1CCN(c2ccc(SC(F)(F)F)cc2)C1. The van der Waals surface area contributed by atoms with Crippen molar-refractivity contribution in [2.24, 2.45) is 0 Å². The lowest BCUT2D eigenvalue weighted by Crippen LogP contribution is -2.26. The number of rotatable bonds is 6. The van der Waals surface area contributed by atoms with Crippen molar-refractivity contribution >= 4 is 46.5 Å². The van der Waals surface area contributed by atoms with Gasteiger partial charge in [0.1, 0.15) is 0 Å². The van der Waals surface area contributed by atoms with E-state index in [1.165, 1.54) is 12.1 Å². The van der Waals surface area contributed by atoms with Gasteiger partial charge < -0.3 is 15.5 Å². The summed E-state index contributed by atoms with van der Waals surface area (Å²) < 4.78 is 37.6. The van der Waals surface area contributed by atoms with Crippen LogP contribution in [0.5, 0.6) is 0 Å². The van der Waals surface area contributed by atoms with Crippen LogP contribution in [0.1, 0.15) is 5.56 Å². The van der Waals surface area contributed by atoms with Gasteiger partial charge in [0.2, 0.25) is 0 Å². The number of halogens is 4. The van der Waals surface area contributed by atoms with Gasteiger partial charge in [-0.1, -0.05) is 11.6 Å². The van der Waals surface area contributed by atoms with Gasteiger partial charge >= 0.3 is 11.5 Å². The van der Waals surface area contributed by atoms with E-state index in [0.29, 0.717) is 29.6 Å². The van der Waals surface area contributed by atoms with E-state index < -0.39 is 11.5 Å². The number of aromatic nitrogens is 1. The van der Waals surface area contributed by atoms with Gasteiger partial charge in [-0.25, -0.2) is 4.79 Å². The fraction of sp³-hybridized carbons (Fsp3) is 0.217. The number of hydrogen-bond donors (Lipinski definition) is 2. The Morgan fingerprint density at radius 2 is 1.76 bits per heavy atom. The summed E-state index contributed by atoms with van der Waals surface area (Å²) in [4.78, 5) is 21.0. The number of carbonyl (C=O) groups excluding carboxylic acids is 1. The molecule has 1 fully saturated rings. The summed E-state index contributed by atoms with van der Waals surface area (Å²) in [5.74, 6) is 0. The minimum Gasteiger partial charge on any atom is -0.357 e. The highest BCUT2D eigenvalue weighted by atomic mass is 35.5. The monoisotopic (exact) mass is 507 g/mol. The van der Waals surface area contributed by atoms with Gasteiger partial charge in [-0.2, -0.15) is 13.2 Å². The van der Waals surface area contributed by atoms with Crippen LogP contribution in [0.2, 0.25) is 5.02 Å². The van der Waals surface area contributed by atoms with Gasteiger partial charge in [-0.3, -0.25) is 9.88 Å². The number of carbonyl (C=O) groups is 1. The maximum Gasteiger partial charge on any atom is 0.446 e. The lowest BCUT2D eigenvalue weighted by Gasteiger charge is -2.21. The number of nitrogens with zero attached hydrogens (tertiary/aromatic N) is 3. The molecule has 0 radical (unpaired) electrons. The molecule has 1 aromatic heterocycles. The molecule has 3 aromatic rings. The van der Waals surface area contributed by atoms with E-state index in [9.17, 15) is 18.0 Å². The lowest BCUT2D eigenvalue weighted by molar-refractivity contribution is -0.0328. The Balaban J connectivity index is 1.35. The molecule has 1 aliphatic rings. The molecule has 0 saturated carbocycles. The van der Waals surface area contributed by atoms with Crippen molar-refractivity contribution in [1.29, 1.82) is 0 Å². The van der Waals surface area contributed by atoms with Crippen molar-refractivity contribution in [2.75, 3.05) is 35.3 Å². The number of anilines is 3. The molecule has 0 spiro atoms. The molecular weight excluding hydrogens is 487 g/mol. The van der Waals surface area contributed by atoms with Crippen LogP contribution in [0, 0.1) is 0 Å². The topological polar surface area (TPSA) is 60.5 Å². The van der Waals surface area contributed by atoms with Crippen LogP contribution in [0.25, 0.3) is 0 Å². The van der Waals surface area contributed by atoms with Crippen LogP contribution in [-0.2, 0) is 6.54 Å². The smallest absolute Gasteiger partial charge is 0.357 e. The molecule has 2 amide bonds. The van der Waals surface area contributed by atoms with Crippen LogP contribution in [0.4, 0.5) is 35.0 Å². The minimum atomic E-state index is -4.30. The maximum atomic E-state index is 12.5. The van der Waals surface area contributed by atoms with Gasteiger partial charge in [0, 0.05) is 47.1 Å². The van der Waals surface area contributed by atoms with Crippen LogP contribution < -0.4 is 15.5 Å². The molecule has 11 heteroatoms. The molecule has 4 rings (SSSR count). The fourth-order valence-corrected chi connectivity index (χ4v) is 4.24. The first-order valence-electron chi connectivity index (χ1n) is 10.3. The number of urea groups is 1. The van der Waals surface area contributed by atoms with Crippen molar-refractivity contribution < 1.29 is 18.0 Å². The summed E-state index contributed by atoms with van der Waals surface area (Å²) in [5.41, 5.74) is -1.32. The van der Waals surface area contributed by atoms with Gasteiger partial charge in [0.05, 0.1) is 18.6 Å². The normalized spacial score (nSPS) is 14.3. The summed E-state index contributed by atoms with van der Waals surface area (Å²) in [6.45, 7) is 2.72. The maximum absolute atomic E-state index is 12.5. The van der Waals surface area contributed by atoms with Crippen molar-refractivity contribution in [3.05, 3.63) is 77.6 Å². The number of benzene rings is 2. The van der Waals surface area contributed by atoms with Crippen LogP contribution in [0.15, 0.2) is 71.9 Å². The molecule has 2 N–H and O–H groups in total. The molecule has 2 aromatic carbocycles. The molecule has 0 bridgehead atoms. The van der Waals surface area contributed by atoms with Crippen molar-refractivity contribution in [1.82, 2.24) is 9.88 Å². The second kappa shape index (κ2) is 10.5. The molecule has 6 nitrogen and oxygen atoms in total. The van der Waals surface area contributed by atoms with Crippen LogP contribution >= 0.6 is 23.4 Å². The summed E-state index contributed by atoms with van der Waals surface area (Å²) in [7, 11) is 0. The lowest BCUT2D eigenvalue weighted by atomic mass is 10.2. The molecule has 1 aliphatic heterocycles. The third kappa shape index (κ3) is 6.78. The molecule has 0 aliphatic carbocycles. The number of hydrogen-bond acceptors (Lipinski definition) is 5. The van der Waals surface area contributed by atoms with E-state index >= 15 is 0 Å². The van der Waals surface area contributed by atoms with Crippen LogP contribution in [-0.4, -0.2) is 41.2 Å². The summed E-state index contributed by atoms with van der Waals surface area (Å²) in [6.07, 6.45) is 3.27. The highest BCUT2D eigenvalue weighted by Crippen LogP contribution is 2.37. The molecule has 1 saturated heterocycles. The molecule has 0 atom stereocenters. The number of amides is 2. The first-order valence-corrected chi connectivity index (χ1v) is 11.5. The summed E-state index contributed by atoms with van der Waals surface area (Å²) in [5, 5.41) is 6.17. The number of nitrogens with one attached hydrogen (secondary N) is 2. The van der Waals surface area contributed by atoms with Crippen molar-refractivity contribution in [3.8, 4) is 0 Å². The Bertz CT molecular complexity index is 1130. The van der Waals surface area contributed by atoms with Crippen molar-refractivity contribution in [3.63, 3.8) is 0 Å². The van der Waals surface area contributed by atoms with E-state index in [-0.39, 0.29) is 16.7 Å². The summed E-state index contributed by atoms with van der Waals surface area (Å²) >= 11 is 5.75. The largest absolute Gasteiger partial charge is 0.446 e. The predicted molar refractivity (Wildman–Crippen MR) is 129 cm³/mol.